The van der Waals surface area contributed by atoms with Crippen LogP contribution < -0.4 is 10.5 Å². The fourth-order valence-corrected chi connectivity index (χ4v) is 2.56. The number of benzene rings is 1. The van der Waals surface area contributed by atoms with Crippen LogP contribution in [-0.4, -0.2) is 50.4 Å². The first-order valence-electron chi connectivity index (χ1n) is 7.57. The normalized spacial score (nSPS) is 20.0. The molecule has 2 N–H and O–H groups in total. The molecule has 0 aliphatic carbocycles. The maximum atomic E-state index is 5.82. The summed E-state index contributed by atoms with van der Waals surface area (Å²) < 4.78 is 11.3. The molecule has 2 rings (SSSR count). The Morgan fingerprint density at radius 1 is 1.35 bits per heavy atom. The zero-order valence-corrected chi connectivity index (χ0v) is 12.4. The molecule has 0 radical (unpaired) electrons. The highest BCUT2D eigenvalue weighted by Gasteiger charge is 2.20. The lowest BCUT2D eigenvalue weighted by atomic mass is 10.1. The minimum atomic E-state index is 0.541. The molecular weight excluding hydrogens is 252 g/mol. The van der Waals surface area contributed by atoms with Gasteiger partial charge in [-0.3, -0.25) is 4.90 Å². The van der Waals surface area contributed by atoms with Gasteiger partial charge in [-0.15, -0.1) is 0 Å². The molecule has 1 aromatic carbocycles. The van der Waals surface area contributed by atoms with Crippen molar-refractivity contribution >= 4 is 0 Å². The van der Waals surface area contributed by atoms with E-state index in [0.717, 1.165) is 51.5 Å². The summed E-state index contributed by atoms with van der Waals surface area (Å²) in [7, 11) is 0. The lowest BCUT2D eigenvalue weighted by molar-refractivity contribution is -0.0132. The van der Waals surface area contributed by atoms with E-state index in [4.69, 9.17) is 15.2 Å². The molecule has 0 amide bonds. The van der Waals surface area contributed by atoms with Crippen LogP contribution in [0.5, 0.6) is 5.75 Å². The second kappa shape index (κ2) is 8.25. The maximum absolute atomic E-state index is 5.82. The molecular formula is C16H26N2O2. The van der Waals surface area contributed by atoms with Crippen LogP contribution in [0.1, 0.15) is 18.9 Å². The van der Waals surface area contributed by atoms with Gasteiger partial charge in [0.1, 0.15) is 12.4 Å². The van der Waals surface area contributed by atoms with Gasteiger partial charge in [-0.05, 0) is 37.1 Å². The van der Waals surface area contributed by atoms with E-state index in [1.807, 2.05) is 12.1 Å². The minimum absolute atomic E-state index is 0.541. The van der Waals surface area contributed by atoms with Crippen LogP contribution in [0.15, 0.2) is 24.3 Å². The van der Waals surface area contributed by atoms with E-state index in [2.05, 4.69) is 24.0 Å². The lowest BCUT2D eigenvalue weighted by Crippen LogP contribution is -2.46. The Bertz CT molecular complexity index is 381. The molecule has 0 aromatic heterocycles. The molecule has 112 valence electrons. The summed E-state index contributed by atoms with van der Waals surface area (Å²) >= 11 is 0. The Balaban J connectivity index is 1.74. The topological polar surface area (TPSA) is 47.7 Å². The average molecular weight is 278 g/mol. The molecule has 0 spiro atoms. The van der Waals surface area contributed by atoms with Crippen molar-refractivity contribution in [3.63, 3.8) is 0 Å². The Morgan fingerprint density at radius 3 is 2.85 bits per heavy atom. The summed E-state index contributed by atoms with van der Waals surface area (Å²) in [5.74, 6) is 0.937. The quantitative estimate of drug-likeness (QED) is 0.824. The lowest BCUT2D eigenvalue weighted by Gasteiger charge is -2.34. The van der Waals surface area contributed by atoms with Crippen molar-refractivity contribution < 1.29 is 9.47 Å². The number of nitrogens with two attached hydrogens (primary N) is 1. The van der Waals surface area contributed by atoms with Gasteiger partial charge in [0.05, 0.1) is 13.2 Å². The molecule has 4 nitrogen and oxygen atoms in total. The smallest absolute Gasteiger partial charge is 0.119 e. The fourth-order valence-electron chi connectivity index (χ4n) is 2.56. The first-order valence-corrected chi connectivity index (χ1v) is 7.57. The van der Waals surface area contributed by atoms with E-state index < -0.39 is 0 Å². The number of rotatable bonds is 7. The number of nitrogens with zero attached hydrogens (tertiary/aromatic N) is 1. The van der Waals surface area contributed by atoms with Gasteiger partial charge >= 0.3 is 0 Å². The zero-order chi connectivity index (χ0) is 14.2. The molecule has 1 fully saturated rings. The fraction of sp³-hybridized carbons (Fsp3) is 0.625. The van der Waals surface area contributed by atoms with E-state index in [0.29, 0.717) is 12.6 Å². The minimum Gasteiger partial charge on any atom is -0.492 e. The first kappa shape index (κ1) is 15.3. The average Bonchev–Trinajstić information content (AvgIpc) is 2.50. The van der Waals surface area contributed by atoms with E-state index in [-0.39, 0.29) is 0 Å². The molecule has 0 saturated carbocycles. The summed E-state index contributed by atoms with van der Waals surface area (Å²) in [4.78, 5) is 2.46. The van der Waals surface area contributed by atoms with E-state index in [1.165, 1.54) is 5.56 Å². The van der Waals surface area contributed by atoms with Gasteiger partial charge in [0, 0.05) is 19.1 Å². The molecule has 1 heterocycles. The summed E-state index contributed by atoms with van der Waals surface area (Å²) in [6.45, 7) is 7.30. The molecule has 4 heteroatoms. The third kappa shape index (κ3) is 4.47. The molecule has 1 saturated heterocycles. The van der Waals surface area contributed by atoms with Crippen molar-refractivity contribution in [2.75, 3.05) is 39.5 Å². The second-order valence-electron chi connectivity index (χ2n) is 5.20. The molecule has 1 atom stereocenters. The Hall–Kier alpha value is -1.10. The van der Waals surface area contributed by atoms with Crippen molar-refractivity contribution in [1.82, 2.24) is 4.90 Å². The Labute approximate surface area is 121 Å². The first-order chi connectivity index (χ1) is 9.83. The highest BCUT2D eigenvalue weighted by molar-refractivity contribution is 5.27. The van der Waals surface area contributed by atoms with Crippen molar-refractivity contribution in [1.29, 1.82) is 0 Å². The Kier molecular flexibility index (Phi) is 6.30. The SMILES string of the molecule is CCC1COCCN1CCOc1ccc(CCN)cc1. The van der Waals surface area contributed by atoms with Crippen molar-refractivity contribution in [3.05, 3.63) is 29.8 Å². The number of morpholine rings is 1. The van der Waals surface area contributed by atoms with E-state index in [1.54, 1.807) is 0 Å². The summed E-state index contributed by atoms with van der Waals surface area (Å²) in [5, 5.41) is 0. The highest BCUT2D eigenvalue weighted by Crippen LogP contribution is 2.14. The van der Waals surface area contributed by atoms with Gasteiger partial charge in [-0.1, -0.05) is 19.1 Å². The highest BCUT2D eigenvalue weighted by atomic mass is 16.5. The van der Waals surface area contributed by atoms with Crippen LogP contribution in [-0.2, 0) is 11.2 Å². The third-order valence-electron chi connectivity index (χ3n) is 3.82. The largest absolute Gasteiger partial charge is 0.492 e. The standard InChI is InChI=1S/C16H26N2O2/c1-2-15-13-19-11-9-18(15)10-12-20-16-5-3-14(4-6-16)7-8-17/h3-6,15H,2,7-13,17H2,1H3. The van der Waals surface area contributed by atoms with Crippen LogP contribution in [0.25, 0.3) is 0 Å². The van der Waals surface area contributed by atoms with Gasteiger partial charge in [0.25, 0.3) is 0 Å². The van der Waals surface area contributed by atoms with E-state index >= 15 is 0 Å². The number of ether oxygens (including phenoxy) is 2. The predicted octanol–water partition coefficient (Wildman–Crippen LogP) is 1.68. The molecule has 1 unspecified atom stereocenters. The Morgan fingerprint density at radius 2 is 2.15 bits per heavy atom. The van der Waals surface area contributed by atoms with Gasteiger partial charge < -0.3 is 15.2 Å². The van der Waals surface area contributed by atoms with Crippen molar-refractivity contribution in [3.8, 4) is 5.75 Å². The van der Waals surface area contributed by atoms with Crippen LogP contribution in [0.3, 0.4) is 0 Å². The monoisotopic (exact) mass is 278 g/mol. The van der Waals surface area contributed by atoms with Gasteiger partial charge in [-0.25, -0.2) is 0 Å². The van der Waals surface area contributed by atoms with E-state index in [9.17, 15) is 0 Å². The summed E-state index contributed by atoms with van der Waals surface area (Å²) in [6.07, 6.45) is 2.06. The molecule has 1 aliphatic heterocycles. The number of hydrogen-bond donors (Lipinski definition) is 1. The predicted molar refractivity (Wildman–Crippen MR) is 81.2 cm³/mol. The van der Waals surface area contributed by atoms with Gasteiger partial charge in [0.15, 0.2) is 0 Å². The molecule has 1 aliphatic rings. The van der Waals surface area contributed by atoms with Crippen molar-refractivity contribution in [2.24, 2.45) is 5.73 Å². The van der Waals surface area contributed by atoms with Gasteiger partial charge in [-0.2, -0.15) is 0 Å². The van der Waals surface area contributed by atoms with Crippen LogP contribution >= 0.6 is 0 Å². The summed E-state index contributed by atoms with van der Waals surface area (Å²) in [5.41, 5.74) is 6.80. The molecule has 20 heavy (non-hydrogen) atoms. The third-order valence-corrected chi connectivity index (χ3v) is 3.82. The number of hydrogen-bond acceptors (Lipinski definition) is 4. The van der Waals surface area contributed by atoms with Gasteiger partial charge in [0.2, 0.25) is 0 Å². The zero-order valence-electron chi connectivity index (χ0n) is 12.4. The molecule has 0 bridgehead atoms. The van der Waals surface area contributed by atoms with Crippen LogP contribution in [0.4, 0.5) is 0 Å². The summed E-state index contributed by atoms with van der Waals surface area (Å²) in [6, 6.07) is 8.78. The van der Waals surface area contributed by atoms with Crippen LogP contribution in [0.2, 0.25) is 0 Å². The molecule has 1 aromatic rings. The van der Waals surface area contributed by atoms with Crippen molar-refractivity contribution in [2.45, 2.75) is 25.8 Å². The second-order valence-corrected chi connectivity index (χ2v) is 5.20. The van der Waals surface area contributed by atoms with Crippen LogP contribution in [0, 0.1) is 0 Å². The maximum Gasteiger partial charge on any atom is 0.119 e.